The van der Waals surface area contributed by atoms with Gasteiger partial charge in [-0.3, -0.25) is 0 Å². The second kappa shape index (κ2) is 5.83. The van der Waals surface area contributed by atoms with Crippen LogP contribution >= 0.6 is 0 Å². The molecule has 0 unspecified atom stereocenters. The lowest BCUT2D eigenvalue weighted by Gasteiger charge is -2.61. The Balaban J connectivity index is 1.75. The van der Waals surface area contributed by atoms with Crippen molar-refractivity contribution >= 4 is 13.2 Å². The lowest BCUT2D eigenvalue weighted by molar-refractivity contribution is -0.0402. The summed E-state index contributed by atoms with van der Waals surface area (Å²) < 4.78 is 0. The predicted molar refractivity (Wildman–Crippen MR) is 118 cm³/mol. The van der Waals surface area contributed by atoms with E-state index in [-0.39, 0.29) is 5.41 Å². The zero-order chi connectivity index (χ0) is 18.9. The molecule has 0 atom stereocenters. The molecule has 0 radical (unpaired) electrons. The molecule has 2 aromatic carbocycles. The van der Waals surface area contributed by atoms with E-state index in [1.807, 2.05) is 0 Å². The van der Waals surface area contributed by atoms with Crippen LogP contribution in [0, 0.1) is 23.7 Å². The van der Waals surface area contributed by atoms with Crippen LogP contribution in [-0.4, -0.2) is 0 Å². The molecular weight excluding hydrogens is 336 g/mol. The molecule has 0 amide bonds. The first-order valence-electron chi connectivity index (χ1n) is 10.9. The van der Waals surface area contributed by atoms with Crippen molar-refractivity contribution in [1.82, 2.24) is 0 Å². The normalized spacial score (nSPS) is 33.4. The summed E-state index contributed by atoms with van der Waals surface area (Å²) in [5.41, 5.74) is 6.13. The van der Waals surface area contributed by atoms with E-state index in [1.54, 1.807) is 5.56 Å². The maximum atomic E-state index is 4.61. The van der Waals surface area contributed by atoms with Gasteiger partial charge in [0.05, 0.1) is 0 Å². The lowest BCUT2D eigenvalue weighted by Crippen LogP contribution is -2.56. The van der Waals surface area contributed by atoms with E-state index in [1.165, 1.54) is 54.0 Å². The van der Waals surface area contributed by atoms with E-state index in [4.69, 9.17) is 0 Å². The summed E-state index contributed by atoms with van der Waals surface area (Å²) in [6, 6.07) is 22.3. The third kappa shape index (κ3) is 2.07. The minimum atomic E-state index is 0.176. The largest absolute Gasteiger partial charge is 0.0918 e. The molecule has 0 N–H and O–H groups in total. The Bertz CT molecular complexity index is 1090. The minimum Gasteiger partial charge on any atom is -0.0918 e. The zero-order valence-corrected chi connectivity index (χ0v) is 16.5. The van der Waals surface area contributed by atoms with Gasteiger partial charge in [-0.1, -0.05) is 73.8 Å². The molecule has 4 saturated carbocycles. The predicted octanol–water partition coefficient (Wildman–Crippen LogP) is 5.35. The number of hydrogen-bond acceptors (Lipinski definition) is 0. The van der Waals surface area contributed by atoms with Gasteiger partial charge < -0.3 is 0 Å². The van der Waals surface area contributed by atoms with Gasteiger partial charge in [-0.25, -0.2) is 0 Å². The van der Waals surface area contributed by atoms with E-state index < -0.39 is 0 Å². The van der Waals surface area contributed by atoms with Crippen molar-refractivity contribution in [2.45, 2.75) is 37.5 Å². The van der Waals surface area contributed by atoms with Gasteiger partial charge in [-0.2, -0.15) is 0 Å². The molecule has 0 heterocycles. The molecule has 0 aliphatic heterocycles. The fourth-order valence-corrected chi connectivity index (χ4v) is 7.64. The highest BCUT2D eigenvalue weighted by Gasteiger charge is 2.61. The van der Waals surface area contributed by atoms with E-state index in [0.29, 0.717) is 0 Å². The second-order valence-corrected chi connectivity index (χ2v) is 9.66. The van der Waals surface area contributed by atoms with Gasteiger partial charge in [0.15, 0.2) is 0 Å². The highest BCUT2D eigenvalue weighted by atomic mass is 14.6. The molecule has 0 aromatic heterocycles. The first-order valence-corrected chi connectivity index (χ1v) is 10.9. The van der Waals surface area contributed by atoms with Gasteiger partial charge in [-0.05, 0) is 88.5 Å². The van der Waals surface area contributed by atoms with E-state index >= 15 is 0 Å². The molecular formula is C28H28. The van der Waals surface area contributed by atoms with Crippen molar-refractivity contribution in [1.29, 1.82) is 0 Å². The molecule has 2 aromatic rings. The molecule has 4 bridgehead atoms. The number of hydrogen-bond donors (Lipinski definition) is 0. The zero-order valence-electron chi connectivity index (χ0n) is 16.5. The number of benzene rings is 1. The topological polar surface area (TPSA) is 0 Å². The third-order valence-electron chi connectivity index (χ3n) is 8.28. The fraction of sp³-hybridized carbons (Fsp3) is 0.357. The second-order valence-electron chi connectivity index (χ2n) is 9.66. The molecule has 7 rings (SSSR count). The Morgan fingerprint density at radius 3 is 2.04 bits per heavy atom. The highest BCUT2D eigenvalue weighted by molar-refractivity contribution is 5.81. The van der Waals surface area contributed by atoms with Gasteiger partial charge in [-0.15, -0.1) is 0 Å². The lowest BCUT2D eigenvalue weighted by atomic mass is 9.43. The molecule has 140 valence electrons. The first kappa shape index (κ1) is 16.6. The quantitative estimate of drug-likeness (QED) is 0.591. The standard InChI is InChI=1S/C28H28/c1-18-7-3-4-8-19(2)27-25(12-11-18)24-9-5-6-10-26(24)28(27)22-14-20-13-21(16-22)17-23(28)15-20/h3-12,20-23H,1-2,13-17H2. The van der Waals surface area contributed by atoms with Crippen LogP contribution in [0.1, 0.15) is 43.2 Å². The third-order valence-corrected chi connectivity index (χ3v) is 8.28. The van der Waals surface area contributed by atoms with Crippen molar-refractivity contribution in [3.8, 4) is 11.1 Å². The molecule has 5 aliphatic carbocycles. The van der Waals surface area contributed by atoms with Gasteiger partial charge >= 0.3 is 0 Å². The summed E-state index contributed by atoms with van der Waals surface area (Å²) >= 11 is 0. The van der Waals surface area contributed by atoms with Crippen LogP contribution < -0.4 is 10.4 Å². The maximum Gasteiger partial charge on any atom is 0.0277 e. The number of fused-ring (bicyclic) bond motifs is 3. The van der Waals surface area contributed by atoms with Crippen molar-refractivity contribution in [3.05, 3.63) is 82.2 Å². The van der Waals surface area contributed by atoms with Crippen LogP contribution in [-0.2, 0) is 5.41 Å². The summed E-state index contributed by atoms with van der Waals surface area (Å²) in [5.74, 6) is 3.48. The SMILES string of the molecule is C=c1ccccc(=C)c2c(cc1)-c1ccccc1C21C2CC3CC(C2)CC1C3. The van der Waals surface area contributed by atoms with Gasteiger partial charge in [0.2, 0.25) is 0 Å². The molecule has 0 saturated heterocycles. The molecule has 0 heteroatoms. The van der Waals surface area contributed by atoms with E-state index in [2.05, 4.69) is 73.8 Å². The maximum absolute atomic E-state index is 4.61. The average Bonchev–Trinajstić information content (AvgIpc) is 2.98. The van der Waals surface area contributed by atoms with Crippen LogP contribution in [0.3, 0.4) is 0 Å². The highest BCUT2D eigenvalue weighted by Crippen LogP contribution is 2.68. The first-order chi connectivity index (χ1) is 13.7. The van der Waals surface area contributed by atoms with Crippen molar-refractivity contribution in [2.24, 2.45) is 23.7 Å². The van der Waals surface area contributed by atoms with Gasteiger partial charge in [0.1, 0.15) is 0 Å². The molecule has 0 nitrogen and oxygen atoms in total. The Hall–Kier alpha value is -2.34. The summed E-state index contributed by atoms with van der Waals surface area (Å²) in [6.07, 6.45) is 7.12. The molecule has 4 fully saturated rings. The van der Waals surface area contributed by atoms with Crippen LogP contribution in [0.15, 0.2) is 60.7 Å². The van der Waals surface area contributed by atoms with Crippen molar-refractivity contribution in [3.63, 3.8) is 0 Å². The smallest absolute Gasteiger partial charge is 0.0277 e. The Morgan fingerprint density at radius 2 is 1.29 bits per heavy atom. The van der Waals surface area contributed by atoms with Crippen molar-refractivity contribution < 1.29 is 0 Å². The minimum absolute atomic E-state index is 0.176. The average molecular weight is 365 g/mol. The van der Waals surface area contributed by atoms with Gasteiger partial charge in [0.25, 0.3) is 0 Å². The summed E-state index contributed by atoms with van der Waals surface area (Å²) in [4.78, 5) is 0. The summed E-state index contributed by atoms with van der Waals surface area (Å²) in [5, 5.41) is 2.26. The van der Waals surface area contributed by atoms with E-state index in [0.717, 1.165) is 28.9 Å². The fourth-order valence-electron chi connectivity index (χ4n) is 7.64. The molecule has 5 aliphatic rings. The van der Waals surface area contributed by atoms with E-state index in [9.17, 15) is 0 Å². The van der Waals surface area contributed by atoms with Crippen LogP contribution in [0.25, 0.3) is 24.3 Å². The summed E-state index contributed by atoms with van der Waals surface area (Å²) in [7, 11) is 0. The van der Waals surface area contributed by atoms with Crippen LogP contribution in [0.5, 0.6) is 0 Å². The Morgan fingerprint density at radius 1 is 0.643 bits per heavy atom. The summed E-state index contributed by atoms with van der Waals surface area (Å²) in [6.45, 7) is 8.81. The Labute approximate surface area is 168 Å². The van der Waals surface area contributed by atoms with Crippen molar-refractivity contribution in [2.75, 3.05) is 0 Å². The number of rotatable bonds is 0. The molecule has 28 heavy (non-hydrogen) atoms. The molecule has 1 spiro atoms. The Kier molecular flexibility index (Phi) is 3.46. The van der Waals surface area contributed by atoms with Crippen LogP contribution in [0.4, 0.5) is 0 Å². The van der Waals surface area contributed by atoms with Gasteiger partial charge in [0, 0.05) is 5.41 Å². The monoisotopic (exact) mass is 364 g/mol. The van der Waals surface area contributed by atoms with Crippen LogP contribution in [0.2, 0.25) is 0 Å².